The summed E-state index contributed by atoms with van der Waals surface area (Å²) in [5.74, 6) is -2.49. The van der Waals surface area contributed by atoms with E-state index in [4.69, 9.17) is 18.5 Å². The molecule has 15 heteroatoms. The molecule has 0 aliphatic carbocycles. The Labute approximate surface area is 353 Å². The summed E-state index contributed by atoms with van der Waals surface area (Å²) >= 11 is 0. The van der Waals surface area contributed by atoms with Crippen molar-refractivity contribution < 1.29 is 81.5 Å². The van der Waals surface area contributed by atoms with Crippen molar-refractivity contribution in [1.82, 2.24) is 10.2 Å². The van der Waals surface area contributed by atoms with Crippen LogP contribution < -0.4 is 39.8 Å². The molecule has 55 heavy (non-hydrogen) atoms. The molecular weight excluding hydrogens is 738 g/mol. The van der Waals surface area contributed by atoms with E-state index in [9.17, 15) is 33.4 Å². The molecule has 1 aliphatic heterocycles. The molecule has 1 heterocycles. The van der Waals surface area contributed by atoms with Crippen LogP contribution in [0.4, 0.5) is 0 Å². The van der Waals surface area contributed by atoms with Crippen LogP contribution in [0.2, 0.25) is 0 Å². The first-order valence-corrected chi connectivity index (χ1v) is 22.3. The number of nitrogens with zero attached hydrogens (tertiary/aromatic N) is 1. The molecule has 1 N–H and O–H groups in total. The minimum Gasteiger partial charge on any atom is -0.756 e. The Morgan fingerprint density at radius 2 is 1.09 bits per heavy atom. The van der Waals surface area contributed by atoms with Crippen molar-refractivity contribution in [1.29, 1.82) is 0 Å². The molecule has 0 saturated carbocycles. The molecule has 0 aromatic heterocycles. The monoisotopic (exact) mass is 808 g/mol. The minimum atomic E-state index is -4.87. The van der Waals surface area contributed by atoms with Crippen LogP contribution in [0.1, 0.15) is 174 Å². The average Bonchev–Trinajstić information content (AvgIpc) is 3.47. The van der Waals surface area contributed by atoms with Gasteiger partial charge in [-0.05, 0) is 12.8 Å². The van der Waals surface area contributed by atoms with Crippen molar-refractivity contribution in [2.75, 3.05) is 32.9 Å². The summed E-state index contributed by atoms with van der Waals surface area (Å²) in [6.07, 6.45) is 26.5. The van der Waals surface area contributed by atoms with E-state index in [0.29, 0.717) is 12.8 Å². The number of nitrogens with one attached hydrogen (secondary N) is 1. The molecule has 0 saturated heterocycles. The van der Waals surface area contributed by atoms with Gasteiger partial charge in [-0.2, -0.15) is 0 Å². The first kappa shape index (κ1) is 53.4. The summed E-state index contributed by atoms with van der Waals surface area (Å²) in [5, 5.41) is 2.45. The van der Waals surface area contributed by atoms with E-state index in [-0.39, 0.29) is 68.5 Å². The molecule has 1 unspecified atom stereocenters. The third-order valence-electron chi connectivity index (χ3n) is 9.25. The average molecular weight is 809 g/mol. The number of carbonyl (C=O) groups excluding carboxylic acids is 5. The fourth-order valence-corrected chi connectivity index (χ4v) is 6.74. The Morgan fingerprint density at radius 1 is 0.655 bits per heavy atom. The number of unbranched alkanes of at least 4 members (excludes halogenated alkanes) is 20. The van der Waals surface area contributed by atoms with Gasteiger partial charge < -0.3 is 28.7 Å². The quantitative estimate of drug-likeness (QED) is 0.0301. The smallest absolute Gasteiger partial charge is 0.756 e. The summed E-state index contributed by atoms with van der Waals surface area (Å²) in [7, 11) is -4.87. The molecule has 1 aliphatic rings. The maximum atomic E-state index is 12.6. The van der Waals surface area contributed by atoms with Gasteiger partial charge in [0, 0.05) is 44.5 Å². The first-order chi connectivity index (χ1) is 26.1. The largest absolute Gasteiger partial charge is 1.00 e. The Kier molecular flexibility index (Phi) is 34.5. The second kappa shape index (κ2) is 35.6. The number of amides is 3. The zero-order chi connectivity index (χ0) is 39.7. The second-order valence-electron chi connectivity index (χ2n) is 14.2. The number of hydrogen-bond donors (Lipinski definition) is 1. The molecule has 0 spiro atoms. The molecule has 0 aromatic rings. The summed E-state index contributed by atoms with van der Waals surface area (Å²) < 4.78 is 33.0. The van der Waals surface area contributed by atoms with E-state index >= 15 is 0 Å². The molecule has 13 nitrogen and oxygen atoms in total. The van der Waals surface area contributed by atoms with Crippen LogP contribution in [0.3, 0.4) is 0 Å². The van der Waals surface area contributed by atoms with Crippen LogP contribution >= 0.6 is 7.82 Å². The summed E-state index contributed by atoms with van der Waals surface area (Å²) in [4.78, 5) is 73.7. The predicted molar refractivity (Wildman–Crippen MR) is 206 cm³/mol. The van der Waals surface area contributed by atoms with Crippen molar-refractivity contribution in [3.8, 4) is 0 Å². The van der Waals surface area contributed by atoms with Crippen LogP contribution in [0.25, 0.3) is 0 Å². The van der Waals surface area contributed by atoms with E-state index in [1.54, 1.807) is 0 Å². The van der Waals surface area contributed by atoms with Crippen LogP contribution in [0.15, 0.2) is 12.2 Å². The van der Waals surface area contributed by atoms with Gasteiger partial charge in [0.2, 0.25) is 5.91 Å². The van der Waals surface area contributed by atoms with Crippen molar-refractivity contribution >= 4 is 37.5 Å². The van der Waals surface area contributed by atoms with Gasteiger partial charge in [0.05, 0.1) is 13.2 Å². The number of rotatable bonds is 37. The fourth-order valence-electron chi connectivity index (χ4n) is 6.00. The van der Waals surface area contributed by atoms with E-state index in [1.165, 1.54) is 89.9 Å². The van der Waals surface area contributed by atoms with Gasteiger partial charge in [-0.15, -0.1) is 0 Å². The normalized spacial score (nSPS) is 14.1. The van der Waals surface area contributed by atoms with Gasteiger partial charge in [-0.3, -0.25) is 33.4 Å². The summed E-state index contributed by atoms with van der Waals surface area (Å²) in [5.41, 5.74) is 0. The second-order valence-corrected chi connectivity index (χ2v) is 15.6. The molecule has 1 rings (SSSR count). The number of hydrogen-bond acceptors (Lipinski definition) is 11. The molecule has 312 valence electrons. The van der Waals surface area contributed by atoms with Gasteiger partial charge in [0.15, 0.2) is 6.10 Å². The predicted octanol–water partition coefficient (Wildman–Crippen LogP) is 4.78. The Morgan fingerprint density at radius 3 is 1.56 bits per heavy atom. The molecule has 0 aromatic carbocycles. The van der Waals surface area contributed by atoms with Crippen molar-refractivity contribution in [2.45, 2.75) is 180 Å². The van der Waals surface area contributed by atoms with Gasteiger partial charge in [-0.25, -0.2) is 0 Å². The molecule has 2 atom stereocenters. The molecule has 0 fully saturated rings. The summed E-state index contributed by atoms with van der Waals surface area (Å²) in [6.45, 7) is 2.75. The first-order valence-electron chi connectivity index (χ1n) is 20.8. The maximum Gasteiger partial charge on any atom is 1.00 e. The van der Waals surface area contributed by atoms with E-state index in [2.05, 4.69) is 19.2 Å². The van der Waals surface area contributed by atoms with Crippen LogP contribution in [0.5, 0.6) is 0 Å². The Balaban J connectivity index is 0.0000292. The van der Waals surface area contributed by atoms with E-state index < -0.39 is 56.8 Å². The number of phosphoric acid groups is 1. The summed E-state index contributed by atoms with van der Waals surface area (Å²) in [6, 6.07) is 0. The molecule has 0 bridgehead atoms. The SMILES string of the molecule is CCCCCCCCCCCCCC(=O)OC[C@H](COP(=O)([O-])OCCNC(=O)CCN1C(=O)C=CC1=O)OC(=O)CCCCCCCCCCCCC.[Na+]. The molecule has 3 amide bonds. The van der Waals surface area contributed by atoms with Crippen LogP contribution in [-0.4, -0.2) is 73.6 Å². The van der Waals surface area contributed by atoms with Gasteiger partial charge in [0.25, 0.3) is 19.6 Å². The van der Waals surface area contributed by atoms with Crippen molar-refractivity contribution in [2.24, 2.45) is 0 Å². The third kappa shape index (κ3) is 31.1. The Hall–Kier alpha value is -1.60. The fraction of sp³-hybridized carbons (Fsp3) is 0.825. The molecule has 0 radical (unpaired) electrons. The maximum absolute atomic E-state index is 12.6. The number of carbonyl (C=O) groups is 5. The van der Waals surface area contributed by atoms with E-state index in [1.807, 2.05) is 0 Å². The van der Waals surface area contributed by atoms with Gasteiger partial charge in [-0.1, -0.05) is 142 Å². The van der Waals surface area contributed by atoms with Crippen LogP contribution in [-0.2, 0) is 47.1 Å². The number of phosphoric ester groups is 1. The third-order valence-corrected chi connectivity index (χ3v) is 10.2. The molecular formula is C40H70N2NaO11P. The van der Waals surface area contributed by atoms with Crippen LogP contribution in [0, 0.1) is 0 Å². The van der Waals surface area contributed by atoms with Crippen molar-refractivity contribution in [3.05, 3.63) is 12.2 Å². The topological polar surface area (TPSA) is 178 Å². The number of imide groups is 1. The zero-order valence-electron chi connectivity index (χ0n) is 34.3. The number of ether oxygens (including phenoxy) is 2. The van der Waals surface area contributed by atoms with Crippen molar-refractivity contribution in [3.63, 3.8) is 0 Å². The number of esters is 2. The van der Waals surface area contributed by atoms with Gasteiger partial charge >= 0.3 is 41.5 Å². The van der Waals surface area contributed by atoms with Gasteiger partial charge in [0.1, 0.15) is 6.61 Å². The van der Waals surface area contributed by atoms with E-state index in [0.717, 1.165) is 55.6 Å². The Bertz CT molecular complexity index is 1120. The minimum absolute atomic E-state index is 0. The zero-order valence-corrected chi connectivity index (χ0v) is 37.2. The standard InChI is InChI=1S/C40H71N2O11P.Na/c1-3-5-7-9-11-13-15-17-19-21-23-25-39(46)50-33-35(53-40(47)26-24-22-20-18-16-14-12-10-8-6-4-2)34-52-54(48,49)51-32-30-41-36(43)29-31-42-37(44)27-28-38(42)45;/h27-28,35H,3-26,29-34H2,1-2H3,(H,41,43)(H,48,49);/q;+1/p-1/t35-;/m1./s1.